The van der Waals surface area contributed by atoms with E-state index in [9.17, 15) is 5.11 Å². The van der Waals surface area contributed by atoms with E-state index in [1.807, 2.05) is 0 Å². The highest BCUT2D eigenvalue weighted by Crippen LogP contribution is 2.29. The molecule has 1 aliphatic carbocycles. The summed E-state index contributed by atoms with van der Waals surface area (Å²) in [6.07, 6.45) is 6.83. The van der Waals surface area contributed by atoms with Gasteiger partial charge in [-0.2, -0.15) is 0 Å². The molecule has 0 spiro atoms. The van der Waals surface area contributed by atoms with Crippen LogP contribution in [0.5, 0.6) is 0 Å². The second-order valence-corrected chi connectivity index (χ2v) is 3.90. The van der Waals surface area contributed by atoms with Gasteiger partial charge in [0.25, 0.3) is 0 Å². The zero-order chi connectivity index (χ0) is 9.68. The van der Waals surface area contributed by atoms with Crippen LogP contribution in [-0.4, -0.2) is 11.2 Å². The predicted molar refractivity (Wildman–Crippen MR) is 55.5 cm³/mol. The summed E-state index contributed by atoms with van der Waals surface area (Å²) in [5.41, 5.74) is 3.86. The molecule has 0 saturated heterocycles. The summed E-state index contributed by atoms with van der Waals surface area (Å²) in [5.74, 6) is 0.470. The van der Waals surface area contributed by atoms with Crippen molar-refractivity contribution in [2.24, 2.45) is 5.92 Å². The van der Waals surface area contributed by atoms with Gasteiger partial charge in [0.05, 0.1) is 6.10 Å². The fourth-order valence-electron chi connectivity index (χ4n) is 2.17. The number of hydrogen-bond donors (Lipinski definition) is 1. The van der Waals surface area contributed by atoms with E-state index in [0.29, 0.717) is 5.92 Å². The van der Waals surface area contributed by atoms with Crippen molar-refractivity contribution in [3.63, 3.8) is 0 Å². The minimum Gasteiger partial charge on any atom is -0.388 e. The van der Waals surface area contributed by atoms with Crippen molar-refractivity contribution in [2.75, 3.05) is 0 Å². The Balaban J connectivity index is 2.54. The molecular formula is C12H20O. The molecule has 1 fully saturated rings. The van der Waals surface area contributed by atoms with Gasteiger partial charge in [0.1, 0.15) is 0 Å². The third kappa shape index (κ3) is 2.72. The molecule has 0 aliphatic heterocycles. The first-order valence-corrected chi connectivity index (χ1v) is 5.36. The highest BCUT2D eigenvalue weighted by molar-refractivity contribution is 5.07. The smallest absolute Gasteiger partial charge is 0.0851 e. The lowest BCUT2D eigenvalue weighted by Gasteiger charge is -2.27. The molecule has 0 aromatic carbocycles. The first-order valence-electron chi connectivity index (χ1n) is 5.36. The van der Waals surface area contributed by atoms with Crippen molar-refractivity contribution >= 4 is 0 Å². The molecule has 0 aromatic rings. The minimum atomic E-state index is -0.275. The van der Waals surface area contributed by atoms with Crippen molar-refractivity contribution in [2.45, 2.75) is 51.6 Å². The molecule has 1 rings (SSSR count). The van der Waals surface area contributed by atoms with E-state index >= 15 is 0 Å². The zero-order valence-corrected chi connectivity index (χ0v) is 8.55. The number of hydrogen-bond acceptors (Lipinski definition) is 1. The Labute approximate surface area is 81.2 Å². The number of aliphatic hydroxyl groups excluding tert-OH is 1. The zero-order valence-electron chi connectivity index (χ0n) is 8.55. The maximum Gasteiger partial charge on any atom is 0.0851 e. The average Bonchev–Trinajstić information content (AvgIpc) is 2.21. The van der Waals surface area contributed by atoms with Crippen LogP contribution in [0.25, 0.3) is 0 Å². The van der Waals surface area contributed by atoms with Crippen molar-refractivity contribution < 1.29 is 5.11 Å². The van der Waals surface area contributed by atoms with Crippen molar-refractivity contribution in [1.29, 1.82) is 0 Å². The lowest BCUT2D eigenvalue weighted by Crippen LogP contribution is -2.24. The van der Waals surface area contributed by atoms with Gasteiger partial charge in [0.15, 0.2) is 0 Å². The summed E-state index contributed by atoms with van der Waals surface area (Å²) < 4.78 is 0. The second-order valence-electron chi connectivity index (χ2n) is 3.90. The summed E-state index contributed by atoms with van der Waals surface area (Å²) in [6.45, 7) is 5.68. The van der Waals surface area contributed by atoms with Crippen LogP contribution in [0.15, 0.2) is 17.9 Å². The predicted octanol–water partition coefficient (Wildman–Crippen LogP) is 3.05. The van der Waals surface area contributed by atoms with Gasteiger partial charge in [-0.15, -0.1) is 5.73 Å². The first kappa shape index (κ1) is 10.6. The van der Waals surface area contributed by atoms with Gasteiger partial charge in [0.2, 0.25) is 0 Å². The summed E-state index contributed by atoms with van der Waals surface area (Å²) in [7, 11) is 0. The molecular weight excluding hydrogens is 160 g/mol. The van der Waals surface area contributed by atoms with E-state index in [4.69, 9.17) is 0 Å². The van der Waals surface area contributed by atoms with Crippen LogP contribution in [0, 0.1) is 5.92 Å². The van der Waals surface area contributed by atoms with Crippen molar-refractivity contribution in [3.8, 4) is 0 Å². The number of aliphatic hydroxyl groups is 1. The van der Waals surface area contributed by atoms with Crippen LogP contribution in [0.2, 0.25) is 0 Å². The minimum absolute atomic E-state index is 0.275. The Kier molecular flexibility index (Phi) is 4.27. The van der Waals surface area contributed by atoms with E-state index in [0.717, 1.165) is 12.0 Å². The van der Waals surface area contributed by atoms with E-state index < -0.39 is 0 Å². The lowest BCUT2D eigenvalue weighted by atomic mass is 9.82. The maximum absolute atomic E-state index is 9.99. The second kappa shape index (κ2) is 5.26. The lowest BCUT2D eigenvalue weighted by molar-refractivity contribution is 0.113. The van der Waals surface area contributed by atoms with E-state index in [1.54, 1.807) is 0 Å². The molecule has 0 unspecified atom stereocenters. The molecule has 0 amide bonds. The fraction of sp³-hybridized carbons (Fsp3) is 0.750. The van der Waals surface area contributed by atoms with Gasteiger partial charge in [-0.25, -0.2) is 0 Å². The topological polar surface area (TPSA) is 20.2 Å². The molecule has 0 aromatic heterocycles. The van der Waals surface area contributed by atoms with Gasteiger partial charge in [0, 0.05) is 0 Å². The molecule has 0 heterocycles. The van der Waals surface area contributed by atoms with Gasteiger partial charge in [-0.1, -0.05) is 32.8 Å². The van der Waals surface area contributed by atoms with Gasteiger partial charge >= 0.3 is 0 Å². The SMILES string of the molecule is C=C=C(CC)[C@@H](O)C1CCCCC1. The third-order valence-corrected chi connectivity index (χ3v) is 3.06. The van der Waals surface area contributed by atoms with Crippen molar-refractivity contribution in [3.05, 3.63) is 17.9 Å². The Bertz CT molecular complexity index is 195. The van der Waals surface area contributed by atoms with E-state index in [1.165, 1.54) is 32.1 Å². The Hall–Kier alpha value is -0.520. The highest BCUT2D eigenvalue weighted by atomic mass is 16.3. The van der Waals surface area contributed by atoms with E-state index in [2.05, 4.69) is 19.2 Å². The fourth-order valence-corrected chi connectivity index (χ4v) is 2.17. The van der Waals surface area contributed by atoms with E-state index in [-0.39, 0.29) is 6.10 Å². The van der Waals surface area contributed by atoms with Crippen LogP contribution in [0.4, 0.5) is 0 Å². The Morgan fingerprint density at radius 3 is 2.54 bits per heavy atom. The molecule has 0 radical (unpaired) electrons. The largest absolute Gasteiger partial charge is 0.388 e. The molecule has 13 heavy (non-hydrogen) atoms. The molecule has 74 valence electrons. The highest BCUT2D eigenvalue weighted by Gasteiger charge is 2.23. The Morgan fingerprint density at radius 2 is 2.08 bits per heavy atom. The molecule has 1 heteroatoms. The van der Waals surface area contributed by atoms with Crippen LogP contribution in [-0.2, 0) is 0 Å². The molecule has 0 bridgehead atoms. The monoisotopic (exact) mass is 180 g/mol. The quantitative estimate of drug-likeness (QED) is 0.662. The van der Waals surface area contributed by atoms with Crippen molar-refractivity contribution in [1.82, 2.24) is 0 Å². The summed E-state index contributed by atoms with van der Waals surface area (Å²) >= 11 is 0. The molecule has 1 N–H and O–H groups in total. The molecule has 1 saturated carbocycles. The van der Waals surface area contributed by atoms with Gasteiger partial charge < -0.3 is 5.11 Å². The summed E-state index contributed by atoms with van der Waals surface area (Å²) in [5, 5.41) is 9.99. The molecule has 1 aliphatic rings. The molecule has 1 nitrogen and oxygen atoms in total. The van der Waals surface area contributed by atoms with Gasteiger partial charge in [-0.05, 0) is 30.8 Å². The summed E-state index contributed by atoms with van der Waals surface area (Å²) in [6, 6.07) is 0. The molecule has 1 atom stereocenters. The first-order chi connectivity index (χ1) is 6.29. The van der Waals surface area contributed by atoms with Crippen LogP contribution < -0.4 is 0 Å². The normalized spacial score (nSPS) is 20.8. The maximum atomic E-state index is 9.99. The third-order valence-electron chi connectivity index (χ3n) is 3.06. The Morgan fingerprint density at radius 1 is 1.46 bits per heavy atom. The average molecular weight is 180 g/mol. The van der Waals surface area contributed by atoms with Crippen LogP contribution in [0.1, 0.15) is 45.4 Å². The van der Waals surface area contributed by atoms with Crippen LogP contribution in [0.3, 0.4) is 0 Å². The van der Waals surface area contributed by atoms with Crippen LogP contribution >= 0.6 is 0 Å². The summed E-state index contributed by atoms with van der Waals surface area (Å²) in [4.78, 5) is 0. The van der Waals surface area contributed by atoms with Gasteiger partial charge in [-0.3, -0.25) is 0 Å². The number of rotatable bonds is 3. The standard InChI is InChI=1S/C12H20O/c1-3-10(4-2)12(13)11-8-6-5-7-9-11/h11-13H,1,4-9H2,2H3/t12-/m1/s1.